The second-order valence-corrected chi connectivity index (χ2v) is 3.44. The van der Waals surface area contributed by atoms with E-state index in [0.29, 0.717) is 12.2 Å². The SMILES string of the molecule is COCC(C)Oc1ccc(C(=N)N)cc1F. The number of amidine groups is 1. The molecule has 4 nitrogen and oxygen atoms in total. The normalized spacial score (nSPS) is 12.2. The maximum Gasteiger partial charge on any atom is 0.165 e. The Morgan fingerprint density at radius 2 is 2.25 bits per heavy atom. The molecule has 0 bridgehead atoms. The third-order valence-electron chi connectivity index (χ3n) is 1.97. The average molecular weight is 226 g/mol. The third-order valence-corrected chi connectivity index (χ3v) is 1.97. The van der Waals surface area contributed by atoms with E-state index in [1.165, 1.54) is 12.1 Å². The van der Waals surface area contributed by atoms with E-state index < -0.39 is 5.82 Å². The number of ether oxygens (including phenoxy) is 2. The van der Waals surface area contributed by atoms with Crippen LogP contribution in [-0.2, 0) is 4.74 Å². The Morgan fingerprint density at radius 1 is 1.56 bits per heavy atom. The van der Waals surface area contributed by atoms with Crippen molar-refractivity contribution in [3.63, 3.8) is 0 Å². The van der Waals surface area contributed by atoms with Gasteiger partial charge in [-0.2, -0.15) is 0 Å². The van der Waals surface area contributed by atoms with Crippen LogP contribution >= 0.6 is 0 Å². The van der Waals surface area contributed by atoms with Crippen molar-refractivity contribution >= 4 is 5.84 Å². The van der Waals surface area contributed by atoms with Crippen molar-refractivity contribution in [2.45, 2.75) is 13.0 Å². The van der Waals surface area contributed by atoms with Gasteiger partial charge in [0.2, 0.25) is 0 Å². The van der Waals surface area contributed by atoms with Gasteiger partial charge in [-0.25, -0.2) is 4.39 Å². The highest BCUT2D eigenvalue weighted by molar-refractivity contribution is 5.95. The molecule has 1 rings (SSSR count). The molecule has 0 saturated heterocycles. The average Bonchev–Trinajstić information content (AvgIpc) is 2.21. The Hall–Kier alpha value is -1.62. The van der Waals surface area contributed by atoms with Gasteiger partial charge in [-0.3, -0.25) is 5.41 Å². The summed E-state index contributed by atoms with van der Waals surface area (Å²) in [6.07, 6.45) is -0.234. The van der Waals surface area contributed by atoms with Crippen molar-refractivity contribution in [2.24, 2.45) is 5.73 Å². The first kappa shape index (κ1) is 12.4. The van der Waals surface area contributed by atoms with E-state index >= 15 is 0 Å². The van der Waals surface area contributed by atoms with Gasteiger partial charge in [-0.05, 0) is 25.1 Å². The van der Waals surface area contributed by atoms with E-state index in [1.54, 1.807) is 20.1 Å². The monoisotopic (exact) mass is 226 g/mol. The van der Waals surface area contributed by atoms with Crippen molar-refractivity contribution in [3.05, 3.63) is 29.6 Å². The molecular weight excluding hydrogens is 211 g/mol. The number of nitrogens with one attached hydrogen (secondary N) is 1. The smallest absolute Gasteiger partial charge is 0.165 e. The molecule has 0 aliphatic heterocycles. The van der Waals surface area contributed by atoms with Crippen LogP contribution in [0.2, 0.25) is 0 Å². The highest BCUT2D eigenvalue weighted by Crippen LogP contribution is 2.19. The molecule has 3 N–H and O–H groups in total. The van der Waals surface area contributed by atoms with Gasteiger partial charge in [0.1, 0.15) is 11.9 Å². The van der Waals surface area contributed by atoms with E-state index in [1.807, 2.05) is 0 Å². The van der Waals surface area contributed by atoms with E-state index in [9.17, 15) is 4.39 Å². The first-order valence-corrected chi connectivity index (χ1v) is 4.84. The van der Waals surface area contributed by atoms with Crippen LogP contribution in [0.25, 0.3) is 0 Å². The Bertz CT molecular complexity index is 382. The van der Waals surface area contributed by atoms with Gasteiger partial charge in [0.25, 0.3) is 0 Å². The summed E-state index contributed by atoms with van der Waals surface area (Å²) < 4.78 is 23.7. The Balaban J connectivity index is 2.79. The lowest BCUT2D eigenvalue weighted by atomic mass is 10.2. The summed E-state index contributed by atoms with van der Waals surface area (Å²) in [7, 11) is 1.55. The predicted octanol–water partition coefficient (Wildman–Crippen LogP) is 1.52. The number of nitrogens with two attached hydrogens (primary N) is 1. The van der Waals surface area contributed by atoms with Crippen molar-refractivity contribution in [1.82, 2.24) is 0 Å². The fourth-order valence-electron chi connectivity index (χ4n) is 1.25. The quantitative estimate of drug-likeness (QED) is 0.591. The van der Waals surface area contributed by atoms with Gasteiger partial charge in [0, 0.05) is 12.7 Å². The third kappa shape index (κ3) is 3.20. The zero-order chi connectivity index (χ0) is 12.1. The summed E-state index contributed by atoms with van der Waals surface area (Å²) in [4.78, 5) is 0. The van der Waals surface area contributed by atoms with Gasteiger partial charge in [0.05, 0.1) is 6.61 Å². The topological polar surface area (TPSA) is 68.3 Å². The van der Waals surface area contributed by atoms with E-state index in [-0.39, 0.29) is 17.7 Å². The Labute approximate surface area is 93.7 Å². The summed E-state index contributed by atoms with van der Waals surface area (Å²) >= 11 is 0. The van der Waals surface area contributed by atoms with Crippen LogP contribution in [0.15, 0.2) is 18.2 Å². The van der Waals surface area contributed by atoms with E-state index in [4.69, 9.17) is 20.6 Å². The van der Waals surface area contributed by atoms with Gasteiger partial charge in [-0.1, -0.05) is 0 Å². The van der Waals surface area contributed by atoms with Crippen LogP contribution in [0.1, 0.15) is 12.5 Å². The fourth-order valence-corrected chi connectivity index (χ4v) is 1.25. The molecule has 0 aromatic heterocycles. The Kier molecular flexibility index (Phi) is 4.25. The zero-order valence-corrected chi connectivity index (χ0v) is 9.29. The number of hydrogen-bond acceptors (Lipinski definition) is 3. The largest absolute Gasteiger partial charge is 0.485 e. The van der Waals surface area contributed by atoms with Crippen LogP contribution < -0.4 is 10.5 Å². The molecule has 0 heterocycles. The second kappa shape index (κ2) is 5.46. The number of methoxy groups -OCH3 is 1. The molecular formula is C11H15FN2O2. The first-order chi connectivity index (χ1) is 7.54. The molecule has 1 aromatic rings. The molecule has 16 heavy (non-hydrogen) atoms. The maximum absolute atomic E-state index is 13.5. The number of nitrogen functional groups attached to an aromatic ring is 1. The molecule has 0 radical (unpaired) electrons. The molecule has 0 aliphatic carbocycles. The molecule has 0 spiro atoms. The highest BCUT2D eigenvalue weighted by Gasteiger charge is 2.09. The van der Waals surface area contributed by atoms with Crippen molar-refractivity contribution in [3.8, 4) is 5.75 Å². The molecule has 0 amide bonds. The minimum absolute atomic E-state index is 0.134. The highest BCUT2D eigenvalue weighted by atomic mass is 19.1. The first-order valence-electron chi connectivity index (χ1n) is 4.84. The van der Waals surface area contributed by atoms with E-state index in [0.717, 1.165) is 0 Å². The molecule has 88 valence electrons. The minimum Gasteiger partial charge on any atom is -0.485 e. The lowest BCUT2D eigenvalue weighted by Crippen LogP contribution is -2.19. The van der Waals surface area contributed by atoms with Gasteiger partial charge >= 0.3 is 0 Å². The predicted molar refractivity (Wildman–Crippen MR) is 59.4 cm³/mol. The van der Waals surface area contributed by atoms with Gasteiger partial charge in [-0.15, -0.1) is 0 Å². The van der Waals surface area contributed by atoms with Crippen LogP contribution in [0.5, 0.6) is 5.75 Å². The van der Waals surface area contributed by atoms with Crippen LogP contribution in [-0.4, -0.2) is 25.7 Å². The Morgan fingerprint density at radius 3 is 2.75 bits per heavy atom. The summed E-state index contributed by atoms with van der Waals surface area (Å²) in [5.41, 5.74) is 5.57. The molecule has 5 heteroatoms. The molecule has 0 aliphatic rings. The molecule has 1 unspecified atom stereocenters. The van der Waals surface area contributed by atoms with Crippen molar-refractivity contribution < 1.29 is 13.9 Å². The van der Waals surface area contributed by atoms with E-state index in [2.05, 4.69) is 0 Å². The zero-order valence-electron chi connectivity index (χ0n) is 9.29. The maximum atomic E-state index is 13.5. The molecule has 0 saturated carbocycles. The second-order valence-electron chi connectivity index (χ2n) is 3.44. The standard InChI is InChI=1S/C11H15FN2O2/c1-7(6-15-2)16-10-4-3-8(11(13)14)5-9(10)12/h3-5,7H,6H2,1-2H3,(H3,13,14). The lowest BCUT2D eigenvalue weighted by molar-refractivity contribution is 0.0893. The fraction of sp³-hybridized carbons (Fsp3) is 0.364. The number of benzene rings is 1. The van der Waals surface area contributed by atoms with Crippen LogP contribution in [0.4, 0.5) is 4.39 Å². The molecule has 1 atom stereocenters. The number of halogens is 1. The van der Waals surface area contributed by atoms with Crippen molar-refractivity contribution in [2.75, 3.05) is 13.7 Å². The van der Waals surface area contributed by atoms with Gasteiger partial charge in [0.15, 0.2) is 11.6 Å². The van der Waals surface area contributed by atoms with Crippen molar-refractivity contribution in [1.29, 1.82) is 5.41 Å². The summed E-state index contributed by atoms with van der Waals surface area (Å²) in [5.74, 6) is -0.569. The van der Waals surface area contributed by atoms with Crippen LogP contribution in [0, 0.1) is 11.2 Å². The summed E-state index contributed by atoms with van der Waals surface area (Å²) in [5, 5.41) is 7.16. The summed E-state index contributed by atoms with van der Waals surface area (Å²) in [6.45, 7) is 2.16. The molecule has 0 fully saturated rings. The lowest BCUT2D eigenvalue weighted by Gasteiger charge is -2.14. The summed E-state index contributed by atoms with van der Waals surface area (Å²) in [6, 6.07) is 4.18. The number of rotatable bonds is 5. The van der Waals surface area contributed by atoms with Crippen LogP contribution in [0.3, 0.4) is 0 Å². The van der Waals surface area contributed by atoms with Gasteiger partial charge < -0.3 is 15.2 Å². The molecule has 1 aromatic carbocycles. The number of hydrogen-bond donors (Lipinski definition) is 2. The minimum atomic E-state index is -0.532.